The molecular weight excluding hydrogens is 606 g/mol. The number of esters is 2. The van der Waals surface area contributed by atoms with Crippen molar-refractivity contribution in [1.82, 2.24) is 0 Å². The van der Waals surface area contributed by atoms with E-state index in [-0.39, 0.29) is 83.6 Å². The van der Waals surface area contributed by atoms with Gasteiger partial charge in [0.15, 0.2) is 5.78 Å². The van der Waals surface area contributed by atoms with E-state index in [9.17, 15) is 24.0 Å². The van der Waals surface area contributed by atoms with Crippen LogP contribution < -0.4 is 26.3 Å². The van der Waals surface area contributed by atoms with Crippen LogP contribution in [0.5, 0.6) is 11.5 Å². The molecule has 1 amide bonds. The van der Waals surface area contributed by atoms with Crippen molar-refractivity contribution in [1.29, 1.82) is 0 Å². The topological polar surface area (TPSA) is 186 Å². The van der Waals surface area contributed by atoms with Crippen LogP contribution in [0.2, 0.25) is 0 Å². The van der Waals surface area contributed by atoms with Crippen molar-refractivity contribution < 1.29 is 42.9 Å². The third kappa shape index (κ3) is 8.59. The van der Waals surface area contributed by atoms with E-state index in [0.717, 1.165) is 0 Å². The van der Waals surface area contributed by atoms with Crippen LogP contribution in [0.3, 0.4) is 0 Å². The zero-order valence-corrected chi connectivity index (χ0v) is 26.6. The van der Waals surface area contributed by atoms with Gasteiger partial charge >= 0.3 is 11.9 Å². The minimum atomic E-state index is -0.800. The van der Waals surface area contributed by atoms with Gasteiger partial charge in [-0.3, -0.25) is 24.0 Å². The Bertz CT molecular complexity index is 1430. The molecule has 0 heterocycles. The number of alkyl halides is 1. The molecule has 0 radical (unpaired) electrons. The standard InChI is InChI=1S/C32H40ClN3O9/c1-5-17(3)27(34)31(40)44-12-10-42-22-9-7-8-20-25(22)30(39)26-21(29(20)38)14-19(36-24(37)16-33)15-23(26)43-11-13-45-32(41)28(35)18(4)6-2/h7-9,14-15,17-18,27-28H,5-6,10-13,16,34-35H2,1-4H3,(H,36,37)/t17-,18-,27-,28-/m0/s1. The van der Waals surface area contributed by atoms with Gasteiger partial charge in [-0.05, 0) is 24.0 Å². The van der Waals surface area contributed by atoms with E-state index in [2.05, 4.69) is 5.32 Å². The molecule has 1 aliphatic rings. The highest BCUT2D eigenvalue weighted by molar-refractivity contribution is 6.31. The third-order valence-electron chi connectivity index (χ3n) is 7.71. The monoisotopic (exact) mass is 645 g/mol. The predicted octanol–water partition coefficient (Wildman–Crippen LogP) is 3.23. The number of carbonyl (C=O) groups is 5. The number of nitrogens with two attached hydrogens (primary N) is 2. The molecule has 0 fully saturated rings. The molecule has 45 heavy (non-hydrogen) atoms. The first-order valence-corrected chi connectivity index (χ1v) is 15.3. The van der Waals surface area contributed by atoms with Crippen LogP contribution in [0, 0.1) is 11.8 Å². The number of hydrogen-bond acceptors (Lipinski definition) is 11. The maximum absolute atomic E-state index is 13.9. The van der Waals surface area contributed by atoms with Crippen molar-refractivity contribution in [3.8, 4) is 11.5 Å². The quantitative estimate of drug-likeness (QED) is 0.118. The summed E-state index contributed by atoms with van der Waals surface area (Å²) >= 11 is 5.65. The van der Waals surface area contributed by atoms with Crippen molar-refractivity contribution in [2.45, 2.75) is 52.6 Å². The molecule has 0 spiro atoms. The zero-order chi connectivity index (χ0) is 33.3. The first-order chi connectivity index (χ1) is 21.4. The van der Waals surface area contributed by atoms with Crippen LogP contribution in [-0.2, 0) is 23.9 Å². The average molecular weight is 646 g/mol. The fourth-order valence-electron chi connectivity index (χ4n) is 4.51. The lowest BCUT2D eigenvalue weighted by molar-refractivity contribution is -0.148. The van der Waals surface area contributed by atoms with E-state index in [4.69, 9.17) is 42.0 Å². The van der Waals surface area contributed by atoms with Crippen molar-refractivity contribution in [2.24, 2.45) is 23.3 Å². The van der Waals surface area contributed by atoms with Crippen LogP contribution >= 0.6 is 11.6 Å². The number of nitrogens with one attached hydrogen (secondary N) is 1. The van der Waals surface area contributed by atoms with Gasteiger partial charge in [-0.25, -0.2) is 0 Å². The van der Waals surface area contributed by atoms with Gasteiger partial charge in [0.25, 0.3) is 0 Å². The predicted molar refractivity (Wildman–Crippen MR) is 167 cm³/mol. The maximum atomic E-state index is 13.9. The lowest BCUT2D eigenvalue weighted by Crippen LogP contribution is -2.38. The minimum absolute atomic E-state index is 0.00392. The summed E-state index contributed by atoms with van der Waals surface area (Å²) in [5, 5.41) is 2.57. The number of rotatable bonds is 16. The van der Waals surface area contributed by atoms with Crippen LogP contribution in [0.15, 0.2) is 30.3 Å². The van der Waals surface area contributed by atoms with Gasteiger partial charge in [-0.1, -0.05) is 52.7 Å². The molecule has 0 aromatic heterocycles. The highest BCUT2D eigenvalue weighted by Gasteiger charge is 2.36. The van der Waals surface area contributed by atoms with Gasteiger partial charge in [0.2, 0.25) is 11.7 Å². The van der Waals surface area contributed by atoms with Crippen molar-refractivity contribution in [3.05, 3.63) is 52.6 Å². The van der Waals surface area contributed by atoms with Crippen molar-refractivity contribution in [3.63, 3.8) is 0 Å². The second kappa shape index (κ2) is 16.4. The van der Waals surface area contributed by atoms with Gasteiger partial charge in [0.1, 0.15) is 55.9 Å². The number of fused-ring (bicyclic) bond motifs is 2. The first kappa shape index (κ1) is 35.5. The summed E-state index contributed by atoms with van der Waals surface area (Å²) in [7, 11) is 0. The van der Waals surface area contributed by atoms with Crippen molar-refractivity contribution >= 4 is 46.7 Å². The number of benzene rings is 2. The Morgan fingerprint density at radius 1 is 0.778 bits per heavy atom. The fourth-order valence-corrected chi connectivity index (χ4v) is 4.57. The van der Waals surface area contributed by atoms with E-state index < -0.39 is 41.5 Å². The van der Waals surface area contributed by atoms with Gasteiger partial charge in [-0.15, -0.1) is 11.6 Å². The summed E-state index contributed by atoms with van der Waals surface area (Å²) in [6.45, 7) is 6.95. The largest absolute Gasteiger partial charge is 0.489 e. The van der Waals surface area contributed by atoms with Crippen molar-refractivity contribution in [2.75, 3.05) is 37.6 Å². The number of hydrogen-bond donors (Lipinski definition) is 3. The Labute approximate surface area is 267 Å². The van der Waals surface area contributed by atoms with Crippen LogP contribution in [-0.4, -0.2) is 73.8 Å². The summed E-state index contributed by atoms with van der Waals surface area (Å²) in [6, 6.07) is 5.76. The molecule has 4 atom stereocenters. The first-order valence-electron chi connectivity index (χ1n) is 14.8. The molecule has 13 heteroatoms. The highest BCUT2D eigenvalue weighted by Crippen LogP contribution is 2.39. The minimum Gasteiger partial charge on any atom is -0.489 e. The zero-order valence-electron chi connectivity index (χ0n) is 25.9. The van der Waals surface area contributed by atoms with Gasteiger partial charge in [0, 0.05) is 22.9 Å². The molecule has 0 saturated heterocycles. The van der Waals surface area contributed by atoms with Crippen LogP contribution in [0.4, 0.5) is 5.69 Å². The van der Waals surface area contributed by atoms with Crippen LogP contribution in [0.1, 0.15) is 72.4 Å². The molecule has 12 nitrogen and oxygen atoms in total. The fraction of sp³-hybridized carbons (Fsp3) is 0.469. The number of anilines is 1. The second-order valence-electron chi connectivity index (χ2n) is 10.8. The van der Waals surface area contributed by atoms with E-state index in [1.54, 1.807) is 6.07 Å². The summed E-state index contributed by atoms with van der Waals surface area (Å²) in [5.41, 5.74) is 12.1. The SMILES string of the molecule is CC[C@H](C)[C@H](N)C(=O)OCCOc1cccc2c1C(=O)c1c(OCCOC(=O)[C@@H](N)[C@@H](C)CC)cc(NC(=O)CCl)cc1C2=O. The van der Waals surface area contributed by atoms with Gasteiger partial charge in [0.05, 0.1) is 11.1 Å². The summed E-state index contributed by atoms with van der Waals surface area (Å²) in [6.07, 6.45) is 1.41. The van der Waals surface area contributed by atoms with E-state index in [0.29, 0.717) is 12.8 Å². The average Bonchev–Trinajstić information content (AvgIpc) is 3.05. The molecule has 1 aliphatic carbocycles. The molecule has 3 rings (SSSR count). The highest BCUT2D eigenvalue weighted by atomic mass is 35.5. The molecule has 0 unspecified atom stereocenters. The van der Waals surface area contributed by atoms with Gasteiger partial charge in [-0.2, -0.15) is 0 Å². The second-order valence-corrected chi connectivity index (χ2v) is 11.0. The molecule has 0 aliphatic heterocycles. The molecule has 0 bridgehead atoms. The Hall–Kier alpha value is -4.00. The van der Waals surface area contributed by atoms with Crippen LogP contribution in [0.25, 0.3) is 0 Å². The van der Waals surface area contributed by atoms with Gasteiger partial charge < -0.3 is 35.7 Å². The number of halogens is 1. The Morgan fingerprint density at radius 2 is 1.31 bits per heavy atom. The number of ketones is 2. The molecule has 2 aromatic carbocycles. The molecule has 5 N–H and O–H groups in total. The molecule has 2 aromatic rings. The summed E-state index contributed by atoms with van der Waals surface area (Å²) in [4.78, 5) is 64.1. The third-order valence-corrected chi connectivity index (χ3v) is 7.95. The Kier molecular flexibility index (Phi) is 12.9. The number of amides is 1. The normalized spacial score (nSPS) is 14.7. The number of ether oxygens (including phenoxy) is 4. The lowest BCUT2D eigenvalue weighted by Gasteiger charge is -2.23. The van der Waals surface area contributed by atoms with E-state index in [1.165, 1.54) is 24.3 Å². The molecule has 0 saturated carbocycles. The summed E-state index contributed by atoms with van der Waals surface area (Å²) in [5.74, 6) is -3.15. The smallest absolute Gasteiger partial charge is 0.323 e. The molecule has 244 valence electrons. The van der Waals surface area contributed by atoms with E-state index >= 15 is 0 Å². The number of carbonyl (C=O) groups excluding carboxylic acids is 5. The van der Waals surface area contributed by atoms with E-state index in [1.807, 2.05) is 27.7 Å². The molecular formula is C32H40ClN3O9. The Balaban J connectivity index is 1.84. The summed E-state index contributed by atoms with van der Waals surface area (Å²) < 4.78 is 22.1. The Morgan fingerprint density at radius 3 is 1.84 bits per heavy atom. The maximum Gasteiger partial charge on any atom is 0.323 e. The lowest BCUT2D eigenvalue weighted by atomic mass is 9.82.